The maximum Gasteiger partial charge on any atom is 0.281 e. The predicted molar refractivity (Wildman–Crippen MR) is 60.4 cm³/mol. The van der Waals surface area contributed by atoms with Gasteiger partial charge in [-0.2, -0.15) is 0 Å². The standard InChI is InChI=1S/C11H14BNO2/c14-7-9-1-2-11-6-13(12-8-15)4-3-10(11)5-9/h1-2,5,8,12,14H,3-4,6-7H2. The summed E-state index contributed by atoms with van der Waals surface area (Å²) in [5, 5.41) is 9.02. The minimum atomic E-state index is 0.103. The molecular formula is C11H14BNO2. The minimum absolute atomic E-state index is 0.103. The van der Waals surface area contributed by atoms with Crippen LogP contribution in [0.25, 0.3) is 0 Å². The maximum atomic E-state index is 10.4. The van der Waals surface area contributed by atoms with Crippen molar-refractivity contribution in [3.05, 3.63) is 34.9 Å². The Morgan fingerprint density at radius 1 is 1.47 bits per heavy atom. The average molecular weight is 203 g/mol. The van der Waals surface area contributed by atoms with Crippen LogP contribution in [0.1, 0.15) is 16.7 Å². The van der Waals surface area contributed by atoms with E-state index in [9.17, 15) is 4.79 Å². The molecule has 1 heterocycles. The second-order valence-corrected chi connectivity index (χ2v) is 3.91. The summed E-state index contributed by atoms with van der Waals surface area (Å²) in [6.45, 7) is 1.88. The van der Waals surface area contributed by atoms with E-state index in [0.29, 0.717) is 7.41 Å². The third kappa shape index (κ3) is 2.27. The number of nitrogens with zero attached hydrogens (tertiary/aromatic N) is 1. The molecule has 0 unspecified atom stereocenters. The van der Waals surface area contributed by atoms with Crippen molar-refractivity contribution >= 4 is 13.6 Å². The van der Waals surface area contributed by atoms with E-state index in [4.69, 9.17) is 5.11 Å². The lowest BCUT2D eigenvalue weighted by Crippen LogP contribution is -2.34. The second kappa shape index (κ2) is 4.60. The molecule has 1 aromatic rings. The van der Waals surface area contributed by atoms with Crippen molar-refractivity contribution in [3.63, 3.8) is 0 Å². The van der Waals surface area contributed by atoms with Crippen molar-refractivity contribution in [2.45, 2.75) is 19.6 Å². The highest BCUT2D eigenvalue weighted by molar-refractivity contribution is 6.64. The van der Waals surface area contributed by atoms with Crippen LogP contribution >= 0.6 is 0 Å². The van der Waals surface area contributed by atoms with E-state index < -0.39 is 0 Å². The number of hydrogen-bond donors (Lipinski definition) is 1. The highest BCUT2D eigenvalue weighted by Gasteiger charge is 2.16. The van der Waals surface area contributed by atoms with Gasteiger partial charge in [-0.15, -0.1) is 0 Å². The lowest BCUT2D eigenvalue weighted by atomic mass is 9.88. The van der Waals surface area contributed by atoms with E-state index in [1.807, 2.05) is 6.07 Å². The summed E-state index contributed by atoms with van der Waals surface area (Å²) in [6, 6.07) is 6.06. The summed E-state index contributed by atoms with van der Waals surface area (Å²) < 4.78 is 0. The second-order valence-electron chi connectivity index (χ2n) is 3.91. The van der Waals surface area contributed by atoms with E-state index in [-0.39, 0.29) is 6.61 Å². The van der Waals surface area contributed by atoms with Gasteiger partial charge in [-0.05, 0) is 29.7 Å². The van der Waals surface area contributed by atoms with Gasteiger partial charge in [0.05, 0.1) is 12.8 Å². The molecule has 4 heteroatoms. The SMILES string of the molecule is O=CBN1CCc2cc(CO)ccc2C1. The Morgan fingerprint density at radius 3 is 3.07 bits per heavy atom. The molecule has 0 amide bonds. The fourth-order valence-electron chi connectivity index (χ4n) is 2.02. The number of aliphatic hydroxyl groups excluding tert-OH is 1. The first-order valence-electron chi connectivity index (χ1n) is 5.21. The van der Waals surface area contributed by atoms with Gasteiger partial charge in [-0.25, -0.2) is 0 Å². The van der Waals surface area contributed by atoms with Crippen LogP contribution in [0.4, 0.5) is 0 Å². The first kappa shape index (κ1) is 10.4. The molecule has 0 fully saturated rings. The van der Waals surface area contributed by atoms with Crippen LogP contribution in [0.5, 0.6) is 0 Å². The summed E-state index contributed by atoms with van der Waals surface area (Å²) in [5.74, 6) is 0. The largest absolute Gasteiger partial charge is 0.392 e. The zero-order valence-corrected chi connectivity index (χ0v) is 8.65. The van der Waals surface area contributed by atoms with E-state index in [2.05, 4.69) is 16.9 Å². The van der Waals surface area contributed by atoms with Gasteiger partial charge in [0.25, 0.3) is 7.41 Å². The number of fused-ring (bicyclic) bond motifs is 1. The Bertz CT molecular complexity index is 368. The van der Waals surface area contributed by atoms with E-state index in [1.54, 1.807) is 0 Å². The molecule has 0 aliphatic carbocycles. The van der Waals surface area contributed by atoms with Gasteiger partial charge in [-0.1, -0.05) is 18.2 Å². The van der Waals surface area contributed by atoms with E-state index >= 15 is 0 Å². The van der Waals surface area contributed by atoms with Crippen LogP contribution in [0.3, 0.4) is 0 Å². The predicted octanol–water partition coefficient (Wildman–Crippen LogP) is 0.0787. The van der Waals surface area contributed by atoms with Gasteiger partial charge in [0.2, 0.25) is 0 Å². The third-order valence-electron chi connectivity index (χ3n) is 2.88. The molecule has 0 radical (unpaired) electrons. The molecule has 0 bridgehead atoms. The normalized spacial score (nSPS) is 15.8. The molecule has 1 aromatic carbocycles. The van der Waals surface area contributed by atoms with Gasteiger partial charge >= 0.3 is 0 Å². The lowest BCUT2D eigenvalue weighted by Gasteiger charge is -2.27. The molecule has 78 valence electrons. The van der Waals surface area contributed by atoms with Gasteiger partial charge in [0, 0.05) is 6.54 Å². The smallest absolute Gasteiger partial charge is 0.281 e. The van der Waals surface area contributed by atoms with Crippen LogP contribution in [0, 0.1) is 0 Å². The van der Waals surface area contributed by atoms with Gasteiger partial charge in [0.15, 0.2) is 0 Å². The van der Waals surface area contributed by atoms with Crippen molar-refractivity contribution in [1.82, 2.24) is 4.81 Å². The fourth-order valence-corrected chi connectivity index (χ4v) is 2.02. The molecule has 0 saturated carbocycles. The van der Waals surface area contributed by atoms with Crippen LogP contribution < -0.4 is 0 Å². The van der Waals surface area contributed by atoms with Gasteiger partial charge in [0.1, 0.15) is 0 Å². The van der Waals surface area contributed by atoms with E-state index in [0.717, 1.165) is 31.3 Å². The molecule has 2 rings (SSSR count). The lowest BCUT2D eigenvalue weighted by molar-refractivity contribution is 0.281. The summed E-state index contributed by atoms with van der Waals surface area (Å²) in [5.41, 5.74) is 3.56. The number of hydrogen-bond acceptors (Lipinski definition) is 3. The van der Waals surface area contributed by atoms with Crippen LogP contribution in [0.15, 0.2) is 18.2 Å². The number of rotatable bonds is 3. The Labute approximate surface area is 90.0 Å². The van der Waals surface area contributed by atoms with Crippen molar-refractivity contribution in [1.29, 1.82) is 0 Å². The molecule has 1 N–H and O–H groups in total. The molecule has 0 spiro atoms. The van der Waals surface area contributed by atoms with Crippen molar-refractivity contribution in [2.24, 2.45) is 0 Å². The third-order valence-corrected chi connectivity index (χ3v) is 2.88. The first-order valence-corrected chi connectivity index (χ1v) is 5.21. The fraction of sp³-hybridized carbons (Fsp3) is 0.364. The quantitative estimate of drug-likeness (QED) is 0.558. The Kier molecular flexibility index (Phi) is 3.19. The minimum Gasteiger partial charge on any atom is -0.392 e. The average Bonchev–Trinajstić information content (AvgIpc) is 2.29. The number of carbonyl (C=O) groups is 1. The maximum absolute atomic E-state index is 10.4. The summed E-state index contributed by atoms with van der Waals surface area (Å²) >= 11 is 0. The molecule has 3 nitrogen and oxygen atoms in total. The highest BCUT2D eigenvalue weighted by Crippen LogP contribution is 2.19. The van der Waals surface area contributed by atoms with Crippen molar-refractivity contribution < 1.29 is 9.90 Å². The number of benzene rings is 1. The van der Waals surface area contributed by atoms with Crippen LogP contribution in [-0.2, 0) is 24.4 Å². The topological polar surface area (TPSA) is 40.5 Å². The molecule has 1 aliphatic rings. The molecular weight excluding hydrogens is 189 g/mol. The van der Waals surface area contributed by atoms with Crippen LogP contribution in [-0.4, -0.2) is 30.1 Å². The monoisotopic (exact) mass is 203 g/mol. The van der Waals surface area contributed by atoms with Gasteiger partial charge < -0.3 is 14.7 Å². The highest BCUT2D eigenvalue weighted by atomic mass is 16.3. The zero-order valence-electron chi connectivity index (χ0n) is 8.65. The molecule has 0 saturated heterocycles. The van der Waals surface area contributed by atoms with E-state index in [1.165, 1.54) is 11.1 Å². The molecule has 1 aliphatic heterocycles. The number of carbonyl (C=O) groups excluding carboxylic acids is 1. The zero-order chi connectivity index (χ0) is 10.7. The first-order chi connectivity index (χ1) is 7.33. The summed E-state index contributed by atoms with van der Waals surface area (Å²) in [7, 11) is 0.515. The summed E-state index contributed by atoms with van der Waals surface area (Å²) in [6.07, 6.45) is 1.92. The number of aliphatic hydroxyl groups is 1. The molecule has 0 atom stereocenters. The van der Waals surface area contributed by atoms with Gasteiger partial charge in [-0.3, -0.25) is 0 Å². The van der Waals surface area contributed by atoms with Crippen molar-refractivity contribution in [2.75, 3.05) is 6.54 Å². The van der Waals surface area contributed by atoms with Crippen LogP contribution in [0.2, 0.25) is 0 Å². The Morgan fingerprint density at radius 2 is 2.33 bits per heavy atom. The summed E-state index contributed by atoms with van der Waals surface area (Å²) in [4.78, 5) is 12.5. The Balaban J connectivity index is 2.17. The molecule has 15 heavy (non-hydrogen) atoms. The van der Waals surface area contributed by atoms with Crippen molar-refractivity contribution in [3.8, 4) is 0 Å². The molecule has 0 aromatic heterocycles. The Hall–Kier alpha value is -1.13.